The van der Waals surface area contributed by atoms with Crippen molar-refractivity contribution in [3.63, 3.8) is 0 Å². The molecule has 0 radical (unpaired) electrons. The third kappa shape index (κ3) is 8.36. The molecule has 4 aliphatic rings. The summed E-state index contributed by atoms with van der Waals surface area (Å²) in [5.41, 5.74) is 2.91. The van der Waals surface area contributed by atoms with Crippen molar-refractivity contribution in [2.45, 2.75) is 76.6 Å². The molecule has 2 N–H and O–H groups in total. The lowest BCUT2D eigenvalue weighted by molar-refractivity contribution is -0.148. The number of aryl methyl sites for hydroxylation is 1. The average Bonchev–Trinajstić information content (AvgIpc) is 3.85. The highest BCUT2D eigenvalue weighted by Crippen LogP contribution is 2.46. The van der Waals surface area contributed by atoms with Crippen LogP contribution in [0.3, 0.4) is 0 Å². The molecule has 2 heterocycles. The molecule has 2 bridgehead atoms. The number of nitrogens with zero attached hydrogens (tertiary/aromatic N) is 2. The Kier molecular flexibility index (Phi) is 10.7. The molecule has 2 aromatic carbocycles. The zero-order valence-corrected chi connectivity index (χ0v) is 30.9. The Morgan fingerprint density at radius 3 is 2.69 bits per heavy atom. The van der Waals surface area contributed by atoms with E-state index < -0.39 is 40.0 Å². The molecular weight excluding hydrogens is 705 g/mol. The smallest absolute Gasteiger partial charge is 0.393 e. The number of amides is 3. The first kappa shape index (κ1) is 37.5. The maximum Gasteiger partial charge on any atom is 0.393 e. The summed E-state index contributed by atoms with van der Waals surface area (Å²) in [5.74, 6) is -2.14. The van der Waals surface area contributed by atoms with Crippen LogP contribution in [-0.4, -0.2) is 67.0 Å². The number of alkyl halides is 3. The van der Waals surface area contributed by atoms with E-state index >= 15 is 0 Å². The van der Waals surface area contributed by atoms with Gasteiger partial charge in [0.1, 0.15) is 15.7 Å². The van der Waals surface area contributed by atoms with Crippen molar-refractivity contribution in [3.05, 3.63) is 70.3 Å². The average molecular weight is 751 g/mol. The molecule has 2 aromatic rings. The molecule has 51 heavy (non-hydrogen) atoms. The largest absolute Gasteiger partial charge is 0.490 e. The van der Waals surface area contributed by atoms with E-state index in [0.29, 0.717) is 42.6 Å². The Bertz CT molecular complexity index is 1810. The van der Waals surface area contributed by atoms with Gasteiger partial charge in [-0.2, -0.15) is 13.2 Å². The van der Waals surface area contributed by atoms with Crippen molar-refractivity contribution in [1.82, 2.24) is 10.0 Å². The van der Waals surface area contributed by atoms with Crippen LogP contribution < -0.4 is 19.7 Å². The van der Waals surface area contributed by atoms with E-state index in [0.717, 1.165) is 19.3 Å². The van der Waals surface area contributed by atoms with Crippen LogP contribution in [0.2, 0.25) is 5.02 Å². The van der Waals surface area contributed by atoms with Crippen molar-refractivity contribution >= 4 is 39.1 Å². The molecule has 2 aliphatic carbocycles. The normalized spacial score (nSPS) is 33.3. The van der Waals surface area contributed by atoms with Crippen molar-refractivity contribution in [2.24, 2.45) is 28.0 Å². The number of halogens is 4. The molecule has 2 aliphatic heterocycles. The van der Waals surface area contributed by atoms with Gasteiger partial charge in [-0.25, -0.2) is 9.00 Å². The van der Waals surface area contributed by atoms with Crippen LogP contribution in [-0.2, 0) is 26.5 Å². The van der Waals surface area contributed by atoms with Gasteiger partial charge in [0.2, 0.25) is 0 Å². The Morgan fingerprint density at radius 2 is 1.96 bits per heavy atom. The van der Waals surface area contributed by atoms with Gasteiger partial charge in [0.15, 0.2) is 0 Å². The number of benzene rings is 2. The molecule has 6 rings (SSSR count). The van der Waals surface area contributed by atoms with Gasteiger partial charge >= 0.3 is 12.2 Å². The number of fused-ring (bicyclic) bond motifs is 3. The van der Waals surface area contributed by atoms with Crippen molar-refractivity contribution in [1.29, 1.82) is 0 Å². The molecule has 14 heteroatoms. The number of urea groups is 1. The molecule has 0 aromatic heterocycles. The fraction of sp³-hybridized carbons (Fsp3) is 0.568. The van der Waals surface area contributed by atoms with E-state index in [4.69, 9.17) is 21.1 Å². The number of hydrogen-bond donors (Lipinski definition) is 2. The van der Waals surface area contributed by atoms with E-state index in [-0.39, 0.29) is 47.0 Å². The third-order valence-electron chi connectivity index (χ3n) is 10.9. The number of allylic oxidation sites excluding steroid dienone is 1. The van der Waals surface area contributed by atoms with Crippen molar-refractivity contribution in [2.75, 3.05) is 37.5 Å². The summed E-state index contributed by atoms with van der Waals surface area (Å²) in [7, 11) is -2.09. The van der Waals surface area contributed by atoms with Crippen LogP contribution in [0.1, 0.15) is 67.9 Å². The van der Waals surface area contributed by atoms with Crippen LogP contribution in [0.4, 0.5) is 23.7 Å². The third-order valence-corrected chi connectivity index (χ3v) is 13.1. The summed E-state index contributed by atoms with van der Waals surface area (Å²) >= 11 is 6.41. The van der Waals surface area contributed by atoms with Crippen LogP contribution in [0.5, 0.6) is 5.75 Å². The van der Waals surface area contributed by atoms with Gasteiger partial charge in [0.25, 0.3) is 5.91 Å². The minimum atomic E-state index is -4.45. The maximum absolute atomic E-state index is 14.3. The quantitative estimate of drug-likeness (QED) is 0.315. The monoisotopic (exact) mass is 750 g/mol. The van der Waals surface area contributed by atoms with Gasteiger partial charge in [0, 0.05) is 42.2 Å². The van der Waals surface area contributed by atoms with Gasteiger partial charge in [-0.3, -0.25) is 9.52 Å². The zero-order valence-electron chi connectivity index (χ0n) is 29.3. The molecule has 0 saturated heterocycles. The Balaban J connectivity index is 1.39. The van der Waals surface area contributed by atoms with Crippen molar-refractivity contribution in [3.8, 4) is 5.75 Å². The number of rotatable bonds is 3. The maximum atomic E-state index is 14.3. The molecule has 1 spiro atoms. The number of carbonyl (C=O) groups is 2. The first-order valence-corrected chi connectivity index (χ1v) is 19.6. The van der Waals surface area contributed by atoms with Crippen LogP contribution >= 0.6 is 11.6 Å². The highest BCUT2D eigenvalue weighted by molar-refractivity contribution is 7.92. The van der Waals surface area contributed by atoms with Gasteiger partial charge in [-0.05, 0) is 91.3 Å². The fourth-order valence-corrected chi connectivity index (χ4v) is 9.83. The SMILES string of the molecule is CO[C@H]1/C=C/C[C@H](C)C[S@@](=O)(NC(=O)N[C@H]2C[C@@H]2C(F)(F)F)=NC(=O)c2ccc3c(c2)N(C[C@H](C)[C@H]1C)C[C@@]1(CCCc2cc(Cl)ccc21)CO3. The predicted octanol–water partition coefficient (Wildman–Crippen LogP) is 7.47. The van der Waals surface area contributed by atoms with E-state index in [1.807, 2.05) is 31.2 Å². The molecule has 8 atom stereocenters. The van der Waals surface area contributed by atoms with E-state index in [9.17, 15) is 27.0 Å². The second-order valence-electron chi connectivity index (χ2n) is 14.9. The Hall–Kier alpha value is -3.29. The fourth-order valence-electron chi connectivity index (χ4n) is 7.80. The lowest BCUT2D eigenvalue weighted by Gasteiger charge is -2.42. The van der Waals surface area contributed by atoms with E-state index in [2.05, 4.69) is 39.2 Å². The number of methoxy groups -OCH3 is 1. The molecule has 9 nitrogen and oxygen atoms in total. The van der Waals surface area contributed by atoms with Gasteiger partial charge < -0.3 is 19.7 Å². The summed E-state index contributed by atoms with van der Waals surface area (Å²) in [5, 5.41) is 2.95. The molecule has 3 amide bonds. The van der Waals surface area contributed by atoms with Crippen LogP contribution in [0, 0.1) is 23.7 Å². The van der Waals surface area contributed by atoms with Crippen LogP contribution in [0.25, 0.3) is 0 Å². The second kappa shape index (κ2) is 14.6. The standard InChI is InChI=1S/C37H46ClF3N4O5S/c1-22-7-5-9-32(49-4)24(3)23(2)18-45-20-36(14-6-8-25-15-27(38)11-12-28(25)36)21-50-33-13-10-26(16-31(33)45)34(46)43-51(48,19-22)44-35(47)42-30-17-29(30)37(39,40)41/h5,9-13,15-16,22-24,29-30,32H,6-8,14,17-21H2,1-4H3,(H2,42,43,44,46,47,48)/b9-5+/t22-,23-,24+,29-,30-,32-,36-,51-/m0/s1. The first-order valence-electron chi connectivity index (χ1n) is 17.5. The first-order chi connectivity index (χ1) is 24.1. The molecule has 1 saturated carbocycles. The Labute approximate surface area is 303 Å². The summed E-state index contributed by atoms with van der Waals surface area (Å²) in [6, 6.07) is 8.86. The van der Waals surface area contributed by atoms with E-state index in [1.54, 1.807) is 25.3 Å². The van der Waals surface area contributed by atoms with E-state index in [1.165, 1.54) is 11.1 Å². The number of hydrogen-bond acceptors (Lipinski definition) is 6. The number of carbonyl (C=O) groups excluding carboxylic acids is 2. The predicted molar refractivity (Wildman–Crippen MR) is 192 cm³/mol. The lowest BCUT2D eigenvalue weighted by atomic mass is 9.70. The summed E-state index contributed by atoms with van der Waals surface area (Å²) in [6.07, 6.45) is 2.23. The number of nitrogens with one attached hydrogen (secondary N) is 2. The van der Waals surface area contributed by atoms with Gasteiger partial charge in [0.05, 0.1) is 30.1 Å². The highest BCUT2D eigenvalue weighted by Gasteiger charge is 2.56. The topological polar surface area (TPSA) is 109 Å². The van der Waals surface area contributed by atoms with Gasteiger partial charge in [-0.1, -0.05) is 50.6 Å². The van der Waals surface area contributed by atoms with Gasteiger partial charge in [-0.15, -0.1) is 4.36 Å². The van der Waals surface area contributed by atoms with Crippen LogP contribution in [0.15, 0.2) is 52.9 Å². The summed E-state index contributed by atoms with van der Waals surface area (Å²) < 4.78 is 72.5. The molecular formula is C37H46ClF3N4O5S. The highest BCUT2D eigenvalue weighted by atomic mass is 35.5. The lowest BCUT2D eigenvalue weighted by Crippen LogP contribution is -2.47. The minimum absolute atomic E-state index is 0.0906. The minimum Gasteiger partial charge on any atom is -0.490 e. The zero-order chi connectivity index (χ0) is 36.7. The molecule has 278 valence electrons. The second-order valence-corrected chi connectivity index (χ2v) is 17.3. The molecule has 0 unspecified atom stereocenters. The summed E-state index contributed by atoms with van der Waals surface area (Å²) in [6.45, 7) is 7.82. The number of anilines is 1. The molecule has 1 fully saturated rings. The van der Waals surface area contributed by atoms with Crippen molar-refractivity contribution < 1.29 is 36.4 Å². The summed E-state index contributed by atoms with van der Waals surface area (Å²) in [4.78, 5) is 29.0. The Morgan fingerprint density at radius 1 is 1.18 bits per heavy atom. The number of ether oxygens (including phenoxy) is 2.